The number of rotatable bonds is 12. The van der Waals surface area contributed by atoms with Crippen LogP contribution in [0.25, 0.3) is 0 Å². The van der Waals surface area contributed by atoms with E-state index in [1.165, 1.54) is 51.4 Å². The van der Waals surface area contributed by atoms with Gasteiger partial charge in [0.25, 0.3) is 0 Å². The van der Waals surface area contributed by atoms with Crippen LogP contribution < -0.4 is 29.6 Å². The monoisotopic (exact) mass is 266 g/mol. The average molecular weight is 266 g/mol. The topological polar surface area (TPSA) is 37.3 Å². The molecule has 0 aromatic rings. The van der Waals surface area contributed by atoms with E-state index in [-0.39, 0.29) is 31.0 Å². The molecule has 0 saturated carbocycles. The molecule has 0 unspecified atom stereocenters. The quantitative estimate of drug-likeness (QED) is 0.434. The minimum Gasteiger partial charge on any atom is -1.00 e. The Kier molecular flexibility index (Phi) is 17.9. The first-order chi connectivity index (χ1) is 8.13. The molecule has 0 fully saturated rings. The largest absolute Gasteiger partial charge is 1.00 e. The second kappa shape index (κ2) is 15.5. The van der Waals surface area contributed by atoms with E-state index < -0.39 is 5.97 Å². The van der Waals surface area contributed by atoms with Crippen molar-refractivity contribution < 1.29 is 40.9 Å². The number of hydrogen-bond acceptors (Lipinski definition) is 1. The molecule has 0 amide bonds. The third-order valence-corrected chi connectivity index (χ3v) is 3.17. The molecular weight excluding hydrogens is 235 g/mol. The van der Waals surface area contributed by atoms with Crippen LogP contribution in [-0.4, -0.2) is 11.1 Å². The summed E-state index contributed by atoms with van der Waals surface area (Å²) in [6.07, 6.45) is 13.0. The molecule has 18 heavy (non-hydrogen) atoms. The van der Waals surface area contributed by atoms with Crippen LogP contribution >= 0.6 is 0 Å². The molecule has 0 aromatic carbocycles. The second-order valence-electron chi connectivity index (χ2n) is 5.51. The molecule has 0 aromatic heterocycles. The smallest absolute Gasteiger partial charge is 1.00 e. The van der Waals surface area contributed by atoms with Crippen molar-refractivity contribution >= 4 is 5.97 Å². The van der Waals surface area contributed by atoms with Crippen LogP contribution in [-0.2, 0) is 4.79 Å². The molecule has 0 radical (unpaired) electrons. The predicted octanol–water partition coefficient (Wildman–Crippen LogP) is 2.13. The first-order valence-corrected chi connectivity index (χ1v) is 7.34. The zero-order chi connectivity index (χ0) is 12.9. The third kappa shape index (κ3) is 18.8. The third-order valence-electron chi connectivity index (χ3n) is 3.17. The molecule has 2 nitrogen and oxygen atoms in total. The van der Waals surface area contributed by atoms with Gasteiger partial charge in [-0.15, -0.1) is 0 Å². The summed E-state index contributed by atoms with van der Waals surface area (Å²) in [4.78, 5) is 10.3. The zero-order valence-electron chi connectivity index (χ0n) is 13.7. The van der Waals surface area contributed by atoms with Gasteiger partial charge in [-0.05, 0) is 12.3 Å². The van der Waals surface area contributed by atoms with Crippen molar-refractivity contribution in [2.75, 3.05) is 0 Å². The summed E-state index contributed by atoms with van der Waals surface area (Å²) in [5.74, 6) is 0.194. The Morgan fingerprint density at radius 2 is 1.28 bits per heavy atom. The van der Waals surface area contributed by atoms with E-state index in [2.05, 4.69) is 13.8 Å². The molecular formula is C15H31NaO2. The number of carboxylic acid groups (broad SMARTS) is 1. The van der Waals surface area contributed by atoms with Crippen LogP contribution in [0.2, 0.25) is 0 Å². The van der Waals surface area contributed by atoms with Crippen LogP contribution in [0.15, 0.2) is 0 Å². The van der Waals surface area contributed by atoms with Gasteiger partial charge in [-0.1, -0.05) is 71.6 Å². The van der Waals surface area contributed by atoms with Gasteiger partial charge in [0.2, 0.25) is 0 Å². The number of carbonyl (C=O) groups is 1. The van der Waals surface area contributed by atoms with E-state index in [1.807, 2.05) is 0 Å². The van der Waals surface area contributed by atoms with Crippen LogP contribution in [0, 0.1) is 5.92 Å². The van der Waals surface area contributed by atoms with E-state index >= 15 is 0 Å². The van der Waals surface area contributed by atoms with Crippen molar-refractivity contribution in [3.63, 3.8) is 0 Å². The van der Waals surface area contributed by atoms with Crippen LogP contribution in [0.3, 0.4) is 0 Å². The molecule has 0 rings (SSSR count). The van der Waals surface area contributed by atoms with Gasteiger partial charge in [-0.25, -0.2) is 0 Å². The summed E-state index contributed by atoms with van der Waals surface area (Å²) < 4.78 is 0. The predicted molar refractivity (Wildman–Crippen MR) is 74.4 cm³/mol. The number of unbranched alkanes of at least 4 members (excludes halogenated alkanes) is 8. The van der Waals surface area contributed by atoms with Crippen molar-refractivity contribution in [1.82, 2.24) is 0 Å². The van der Waals surface area contributed by atoms with E-state index in [9.17, 15) is 4.79 Å². The fourth-order valence-electron chi connectivity index (χ4n) is 2.07. The van der Waals surface area contributed by atoms with Crippen molar-refractivity contribution in [1.29, 1.82) is 0 Å². The van der Waals surface area contributed by atoms with E-state index in [0.717, 1.165) is 18.8 Å². The molecule has 104 valence electrons. The van der Waals surface area contributed by atoms with Crippen molar-refractivity contribution in [3.05, 3.63) is 0 Å². The normalized spacial score (nSPS) is 10.4. The summed E-state index contributed by atoms with van der Waals surface area (Å²) in [7, 11) is 0. The molecule has 0 spiro atoms. The fraction of sp³-hybridized carbons (Fsp3) is 0.933. The number of hydrogen-bond donors (Lipinski definition) is 1. The Labute approximate surface area is 137 Å². The first kappa shape index (κ1) is 20.8. The Bertz CT molecular complexity index is 187. The zero-order valence-corrected chi connectivity index (χ0v) is 14.7. The number of carboxylic acids is 1. The first-order valence-electron chi connectivity index (χ1n) is 7.34. The van der Waals surface area contributed by atoms with E-state index in [1.54, 1.807) is 0 Å². The minimum absolute atomic E-state index is 0. The maximum absolute atomic E-state index is 10.3. The van der Waals surface area contributed by atoms with Gasteiger partial charge in [0.05, 0.1) is 0 Å². The molecule has 0 atom stereocenters. The SMILES string of the molecule is CC(C)CCCCCCCCCCCC(=O)O.[H-].[Na+]. The van der Waals surface area contributed by atoms with Crippen LogP contribution in [0.5, 0.6) is 0 Å². The van der Waals surface area contributed by atoms with Gasteiger partial charge in [-0.2, -0.15) is 0 Å². The van der Waals surface area contributed by atoms with Gasteiger partial charge < -0.3 is 6.53 Å². The van der Waals surface area contributed by atoms with Crippen molar-refractivity contribution in [2.45, 2.75) is 84.5 Å². The Morgan fingerprint density at radius 1 is 0.889 bits per heavy atom. The van der Waals surface area contributed by atoms with E-state index in [4.69, 9.17) is 5.11 Å². The van der Waals surface area contributed by atoms with Gasteiger partial charge in [0, 0.05) is 6.42 Å². The summed E-state index contributed by atoms with van der Waals surface area (Å²) in [6, 6.07) is 0. The standard InChI is InChI=1S/C15H30O2.Na.H/c1-14(2)12-10-8-6-4-3-5-7-9-11-13-15(16)17;;/h14H,3-13H2,1-2H3,(H,16,17);;/q;+1;-1. The van der Waals surface area contributed by atoms with Gasteiger partial charge in [-0.3, -0.25) is 4.79 Å². The Morgan fingerprint density at radius 3 is 1.67 bits per heavy atom. The molecule has 0 bridgehead atoms. The van der Waals surface area contributed by atoms with E-state index in [0.29, 0.717) is 6.42 Å². The fourth-order valence-corrected chi connectivity index (χ4v) is 2.07. The summed E-state index contributed by atoms with van der Waals surface area (Å²) in [6.45, 7) is 4.58. The number of aliphatic carboxylic acids is 1. The minimum atomic E-state index is -0.657. The summed E-state index contributed by atoms with van der Waals surface area (Å²) >= 11 is 0. The van der Waals surface area contributed by atoms with Crippen molar-refractivity contribution in [3.8, 4) is 0 Å². The molecule has 0 aliphatic heterocycles. The van der Waals surface area contributed by atoms with Gasteiger partial charge >= 0.3 is 35.5 Å². The molecule has 0 aliphatic rings. The Balaban J connectivity index is -0.00000128. The molecule has 0 aliphatic carbocycles. The van der Waals surface area contributed by atoms with Crippen LogP contribution in [0.4, 0.5) is 0 Å². The van der Waals surface area contributed by atoms with Crippen molar-refractivity contribution in [2.24, 2.45) is 5.92 Å². The maximum Gasteiger partial charge on any atom is 1.00 e. The maximum atomic E-state index is 10.3. The van der Waals surface area contributed by atoms with Gasteiger partial charge in [0.1, 0.15) is 0 Å². The molecule has 0 saturated heterocycles. The Hall–Kier alpha value is 0.470. The summed E-state index contributed by atoms with van der Waals surface area (Å²) in [5.41, 5.74) is 0. The summed E-state index contributed by atoms with van der Waals surface area (Å²) in [5, 5.41) is 8.48. The second-order valence-corrected chi connectivity index (χ2v) is 5.51. The molecule has 0 heterocycles. The average Bonchev–Trinajstić information content (AvgIpc) is 2.25. The van der Waals surface area contributed by atoms with Crippen LogP contribution in [0.1, 0.15) is 85.9 Å². The molecule has 1 N–H and O–H groups in total. The molecule has 3 heteroatoms. The van der Waals surface area contributed by atoms with Gasteiger partial charge in [0.15, 0.2) is 0 Å².